The lowest BCUT2D eigenvalue weighted by Gasteiger charge is -2.22. The van der Waals surface area contributed by atoms with Crippen molar-refractivity contribution in [2.24, 2.45) is 0 Å². The summed E-state index contributed by atoms with van der Waals surface area (Å²) in [6.07, 6.45) is 0. The van der Waals surface area contributed by atoms with E-state index in [4.69, 9.17) is 0 Å². The second-order valence-corrected chi connectivity index (χ2v) is 5.99. The zero-order chi connectivity index (χ0) is 17.5. The third-order valence-electron chi connectivity index (χ3n) is 4.13. The van der Waals surface area contributed by atoms with E-state index in [1.54, 1.807) is 4.90 Å². The van der Waals surface area contributed by atoms with Gasteiger partial charge in [0.1, 0.15) is 0 Å². The molecule has 0 unspecified atom stereocenters. The Labute approximate surface area is 145 Å². The SMILES string of the molecule is CCN(CC)c1ccc(CN(C)C(=O)Nc2ccc(C)cc2)cc1. The lowest BCUT2D eigenvalue weighted by Crippen LogP contribution is -2.30. The molecule has 1 N–H and O–H groups in total. The average molecular weight is 325 g/mol. The molecule has 0 aliphatic carbocycles. The molecule has 0 fully saturated rings. The minimum Gasteiger partial charge on any atom is -0.372 e. The van der Waals surface area contributed by atoms with Crippen LogP contribution in [0.4, 0.5) is 16.2 Å². The highest BCUT2D eigenvalue weighted by atomic mass is 16.2. The standard InChI is InChI=1S/C20H27N3O/c1-5-23(6-2)19-13-9-17(10-14-19)15-22(4)20(24)21-18-11-7-16(3)8-12-18/h7-14H,5-6,15H2,1-4H3,(H,21,24). The van der Waals surface area contributed by atoms with Crippen LogP contribution in [0.2, 0.25) is 0 Å². The van der Waals surface area contributed by atoms with E-state index in [1.165, 1.54) is 11.3 Å². The van der Waals surface area contributed by atoms with Crippen LogP contribution < -0.4 is 10.2 Å². The monoisotopic (exact) mass is 325 g/mol. The van der Waals surface area contributed by atoms with Gasteiger partial charge in [0.2, 0.25) is 0 Å². The molecule has 2 aromatic rings. The molecule has 0 aliphatic rings. The average Bonchev–Trinajstić information content (AvgIpc) is 2.59. The van der Waals surface area contributed by atoms with Crippen molar-refractivity contribution in [3.05, 3.63) is 59.7 Å². The van der Waals surface area contributed by atoms with Crippen molar-refractivity contribution in [1.82, 2.24) is 4.90 Å². The van der Waals surface area contributed by atoms with Gasteiger partial charge in [-0.3, -0.25) is 0 Å². The van der Waals surface area contributed by atoms with Gasteiger partial charge < -0.3 is 15.1 Å². The molecule has 0 aromatic heterocycles. The number of nitrogens with zero attached hydrogens (tertiary/aromatic N) is 2. The second-order valence-electron chi connectivity index (χ2n) is 5.99. The fourth-order valence-corrected chi connectivity index (χ4v) is 2.60. The minimum absolute atomic E-state index is 0.105. The van der Waals surface area contributed by atoms with Crippen LogP contribution in [-0.4, -0.2) is 31.1 Å². The lowest BCUT2D eigenvalue weighted by molar-refractivity contribution is 0.220. The van der Waals surface area contributed by atoms with Crippen molar-refractivity contribution in [3.63, 3.8) is 0 Å². The highest BCUT2D eigenvalue weighted by Gasteiger charge is 2.10. The number of carbonyl (C=O) groups is 1. The van der Waals surface area contributed by atoms with Crippen LogP contribution in [0.25, 0.3) is 0 Å². The van der Waals surface area contributed by atoms with Gasteiger partial charge in [-0.15, -0.1) is 0 Å². The Morgan fingerprint density at radius 2 is 1.54 bits per heavy atom. The Morgan fingerprint density at radius 3 is 2.08 bits per heavy atom. The van der Waals surface area contributed by atoms with Gasteiger partial charge in [0.15, 0.2) is 0 Å². The zero-order valence-electron chi connectivity index (χ0n) is 15.0. The number of carbonyl (C=O) groups excluding carboxylic acids is 1. The van der Waals surface area contributed by atoms with Crippen LogP contribution >= 0.6 is 0 Å². The molecule has 4 nitrogen and oxygen atoms in total. The third kappa shape index (κ3) is 4.75. The molecule has 2 rings (SSSR count). The maximum Gasteiger partial charge on any atom is 0.321 e. The van der Waals surface area contributed by atoms with Crippen LogP contribution in [0.1, 0.15) is 25.0 Å². The Kier molecular flexibility index (Phi) is 6.24. The van der Waals surface area contributed by atoms with E-state index in [2.05, 4.69) is 48.3 Å². The highest BCUT2D eigenvalue weighted by Crippen LogP contribution is 2.16. The molecule has 0 spiro atoms. The molecule has 0 heterocycles. The van der Waals surface area contributed by atoms with Gasteiger partial charge in [-0.1, -0.05) is 29.8 Å². The first-order valence-corrected chi connectivity index (χ1v) is 8.46. The lowest BCUT2D eigenvalue weighted by atomic mass is 10.2. The summed E-state index contributed by atoms with van der Waals surface area (Å²) in [5, 5.41) is 2.92. The number of aryl methyl sites for hydroxylation is 1. The zero-order valence-corrected chi connectivity index (χ0v) is 15.0. The number of anilines is 2. The number of hydrogen-bond acceptors (Lipinski definition) is 2. The minimum atomic E-state index is -0.105. The summed E-state index contributed by atoms with van der Waals surface area (Å²) in [6.45, 7) is 8.90. The summed E-state index contributed by atoms with van der Waals surface area (Å²) in [6, 6.07) is 16.1. The largest absolute Gasteiger partial charge is 0.372 e. The molecule has 0 atom stereocenters. The van der Waals surface area contributed by atoms with Gasteiger partial charge in [-0.25, -0.2) is 4.79 Å². The van der Waals surface area contributed by atoms with Gasteiger partial charge in [0, 0.05) is 38.1 Å². The van der Waals surface area contributed by atoms with Gasteiger partial charge in [-0.05, 0) is 50.6 Å². The van der Waals surface area contributed by atoms with E-state index >= 15 is 0 Å². The molecule has 0 bridgehead atoms. The molecular formula is C20H27N3O. The first-order chi connectivity index (χ1) is 11.5. The molecule has 4 heteroatoms. The van der Waals surface area contributed by atoms with Crippen LogP contribution in [-0.2, 0) is 6.54 Å². The molecule has 0 radical (unpaired) electrons. The fourth-order valence-electron chi connectivity index (χ4n) is 2.60. The van der Waals surface area contributed by atoms with Crippen molar-refractivity contribution in [2.45, 2.75) is 27.3 Å². The Balaban J connectivity index is 1.94. The number of nitrogens with one attached hydrogen (secondary N) is 1. The number of hydrogen-bond donors (Lipinski definition) is 1. The number of benzene rings is 2. The van der Waals surface area contributed by atoms with Crippen molar-refractivity contribution in [3.8, 4) is 0 Å². The van der Waals surface area contributed by atoms with Crippen LogP contribution in [0.5, 0.6) is 0 Å². The summed E-state index contributed by atoms with van der Waals surface area (Å²) in [5.41, 5.74) is 4.33. The number of amides is 2. The third-order valence-corrected chi connectivity index (χ3v) is 4.13. The maximum absolute atomic E-state index is 12.3. The van der Waals surface area contributed by atoms with E-state index in [-0.39, 0.29) is 6.03 Å². The van der Waals surface area contributed by atoms with Gasteiger partial charge in [0.25, 0.3) is 0 Å². The van der Waals surface area contributed by atoms with Gasteiger partial charge in [-0.2, -0.15) is 0 Å². The summed E-state index contributed by atoms with van der Waals surface area (Å²) in [4.78, 5) is 16.3. The van der Waals surface area contributed by atoms with Gasteiger partial charge in [0.05, 0.1) is 0 Å². The summed E-state index contributed by atoms with van der Waals surface area (Å²) in [7, 11) is 1.81. The van der Waals surface area contributed by atoms with Crippen LogP contribution in [0, 0.1) is 6.92 Å². The summed E-state index contributed by atoms with van der Waals surface area (Å²) >= 11 is 0. The van der Waals surface area contributed by atoms with E-state index in [0.717, 1.165) is 24.3 Å². The maximum atomic E-state index is 12.3. The fraction of sp³-hybridized carbons (Fsp3) is 0.350. The van der Waals surface area contributed by atoms with Crippen molar-refractivity contribution >= 4 is 17.4 Å². The Morgan fingerprint density at radius 1 is 0.958 bits per heavy atom. The quantitative estimate of drug-likeness (QED) is 0.848. The van der Waals surface area contributed by atoms with E-state index in [0.29, 0.717) is 6.54 Å². The molecule has 128 valence electrons. The molecule has 2 aromatic carbocycles. The predicted octanol–water partition coefficient (Wildman–Crippen LogP) is 4.51. The smallest absolute Gasteiger partial charge is 0.321 e. The van der Waals surface area contributed by atoms with Crippen LogP contribution in [0.3, 0.4) is 0 Å². The van der Waals surface area contributed by atoms with Crippen molar-refractivity contribution < 1.29 is 4.79 Å². The van der Waals surface area contributed by atoms with Gasteiger partial charge >= 0.3 is 6.03 Å². The molecule has 0 saturated carbocycles. The molecule has 2 amide bonds. The Bertz CT molecular complexity index is 646. The highest BCUT2D eigenvalue weighted by molar-refractivity contribution is 5.89. The molecule has 0 aliphatic heterocycles. The van der Waals surface area contributed by atoms with E-state index < -0.39 is 0 Å². The van der Waals surface area contributed by atoms with Crippen LogP contribution in [0.15, 0.2) is 48.5 Å². The van der Waals surface area contributed by atoms with Crippen molar-refractivity contribution in [2.75, 3.05) is 30.4 Å². The predicted molar refractivity (Wildman–Crippen MR) is 102 cm³/mol. The second kappa shape index (κ2) is 8.39. The molecule has 0 saturated heterocycles. The van der Waals surface area contributed by atoms with E-state index in [9.17, 15) is 4.79 Å². The Hall–Kier alpha value is -2.49. The molecular weight excluding hydrogens is 298 g/mol. The topological polar surface area (TPSA) is 35.6 Å². The molecule has 24 heavy (non-hydrogen) atoms. The normalized spacial score (nSPS) is 10.3. The number of rotatable bonds is 6. The van der Waals surface area contributed by atoms with Crippen molar-refractivity contribution in [1.29, 1.82) is 0 Å². The summed E-state index contributed by atoms with van der Waals surface area (Å²) in [5.74, 6) is 0. The first kappa shape index (κ1) is 17.9. The van der Waals surface area contributed by atoms with E-state index in [1.807, 2.05) is 38.2 Å². The number of urea groups is 1. The first-order valence-electron chi connectivity index (χ1n) is 8.46. The summed E-state index contributed by atoms with van der Waals surface area (Å²) < 4.78 is 0.